The van der Waals surface area contributed by atoms with Gasteiger partial charge in [-0.25, -0.2) is 0 Å². The summed E-state index contributed by atoms with van der Waals surface area (Å²) in [6.45, 7) is 6.58. The Morgan fingerprint density at radius 3 is 2.65 bits per heavy atom. The van der Waals surface area contributed by atoms with Crippen LogP contribution >= 0.6 is 24.2 Å². The molecular formula is C14H30ClN3OS. The van der Waals surface area contributed by atoms with Crippen LogP contribution in [0.1, 0.15) is 32.6 Å². The topological polar surface area (TPSA) is 58.4 Å². The number of likely N-dealkylation sites (tertiary alicyclic amines) is 1. The van der Waals surface area contributed by atoms with Crippen LogP contribution in [0.3, 0.4) is 0 Å². The van der Waals surface area contributed by atoms with Crippen LogP contribution in [0.5, 0.6) is 0 Å². The van der Waals surface area contributed by atoms with Crippen LogP contribution in [0.15, 0.2) is 0 Å². The van der Waals surface area contributed by atoms with Crippen molar-refractivity contribution in [2.75, 3.05) is 38.2 Å². The molecule has 0 radical (unpaired) electrons. The first-order valence-corrected chi connectivity index (χ1v) is 8.81. The SMILES string of the molecule is CCN1CCC(CCNC(=O)[C@@H](N)CCSC)CC1.Cl. The Morgan fingerprint density at radius 2 is 2.10 bits per heavy atom. The van der Waals surface area contributed by atoms with Gasteiger partial charge in [0, 0.05) is 6.54 Å². The van der Waals surface area contributed by atoms with Gasteiger partial charge in [-0.05, 0) is 63.2 Å². The molecule has 20 heavy (non-hydrogen) atoms. The Bertz CT molecular complexity index is 261. The highest BCUT2D eigenvalue weighted by Crippen LogP contribution is 2.19. The summed E-state index contributed by atoms with van der Waals surface area (Å²) in [6.07, 6.45) is 6.43. The van der Waals surface area contributed by atoms with Crippen molar-refractivity contribution in [1.29, 1.82) is 0 Å². The van der Waals surface area contributed by atoms with Crippen molar-refractivity contribution in [1.82, 2.24) is 10.2 Å². The Labute approximate surface area is 134 Å². The number of carbonyl (C=O) groups excluding carboxylic acids is 1. The molecule has 0 aromatic rings. The van der Waals surface area contributed by atoms with Gasteiger partial charge in [-0.2, -0.15) is 11.8 Å². The highest BCUT2D eigenvalue weighted by molar-refractivity contribution is 7.98. The van der Waals surface area contributed by atoms with Gasteiger partial charge in [0.2, 0.25) is 5.91 Å². The molecule has 0 spiro atoms. The lowest BCUT2D eigenvalue weighted by atomic mass is 9.93. The molecule has 1 atom stereocenters. The van der Waals surface area contributed by atoms with E-state index in [2.05, 4.69) is 17.1 Å². The number of hydrogen-bond acceptors (Lipinski definition) is 4. The first kappa shape index (κ1) is 20.0. The summed E-state index contributed by atoms with van der Waals surface area (Å²) < 4.78 is 0. The van der Waals surface area contributed by atoms with E-state index in [0.29, 0.717) is 0 Å². The summed E-state index contributed by atoms with van der Waals surface area (Å²) >= 11 is 1.73. The molecule has 3 N–H and O–H groups in total. The van der Waals surface area contributed by atoms with Crippen LogP contribution in [-0.2, 0) is 4.79 Å². The first-order valence-electron chi connectivity index (χ1n) is 7.42. The van der Waals surface area contributed by atoms with Crippen molar-refractivity contribution in [2.45, 2.75) is 38.6 Å². The Kier molecular flexibility index (Phi) is 11.7. The minimum atomic E-state index is -0.339. The van der Waals surface area contributed by atoms with Crippen LogP contribution in [0.25, 0.3) is 0 Å². The minimum Gasteiger partial charge on any atom is -0.355 e. The quantitative estimate of drug-likeness (QED) is 0.714. The average Bonchev–Trinajstić information content (AvgIpc) is 2.45. The molecule has 1 fully saturated rings. The fourth-order valence-corrected chi connectivity index (χ4v) is 2.99. The molecule has 0 aromatic carbocycles. The van der Waals surface area contributed by atoms with E-state index >= 15 is 0 Å². The number of nitrogens with two attached hydrogens (primary N) is 1. The molecule has 1 rings (SSSR count). The summed E-state index contributed by atoms with van der Waals surface area (Å²) in [7, 11) is 0. The van der Waals surface area contributed by atoms with Gasteiger partial charge in [-0.3, -0.25) is 4.79 Å². The summed E-state index contributed by atoms with van der Waals surface area (Å²) in [5, 5.41) is 2.98. The molecule has 1 heterocycles. The summed E-state index contributed by atoms with van der Waals surface area (Å²) in [5.41, 5.74) is 5.83. The number of piperidine rings is 1. The smallest absolute Gasteiger partial charge is 0.236 e. The molecule has 0 aliphatic carbocycles. The number of carbonyl (C=O) groups is 1. The molecule has 1 aliphatic rings. The Morgan fingerprint density at radius 1 is 1.45 bits per heavy atom. The zero-order valence-electron chi connectivity index (χ0n) is 12.8. The second kappa shape index (κ2) is 11.7. The van der Waals surface area contributed by atoms with E-state index in [0.717, 1.165) is 37.6 Å². The van der Waals surface area contributed by atoms with Gasteiger partial charge < -0.3 is 16.0 Å². The number of amides is 1. The highest BCUT2D eigenvalue weighted by atomic mass is 35.5. The van der Waals surface area contributed by atoms with Crippen LogP contribution in [-0.4, -0.2) is 55.0 Å². The van der Waals surface area contributed by atoms with Gasteiger partial charge in [0.15, 0.2) is 0 Å². The second-order valence-electron chi connectivity index (χ2n) is 5.35. The summed E-state index contributed by atoms with van der Waals surface area (Å²) in [5.74, 6) is 1.73. The molecule has 0 bridgehead atoms. The lowest BCUT2D eigenvalue weighted by molar-refractivity contribution is -0.122. The fourth-order valence-electron chi connectivity index (χ4n) is 2.50. The lowest BCUT2D eigenvalue weighted by Crippen LogP contribution is -2.42. The van der Waals surface area contributed by atoms with Crippen molar-refractivity contribution in [3.05, 3.63) is 0 Å². The fraction of sp³-hybridized carbons (Fsp3) is 0.929. The molecule has 0 saturated carbocycles. The van der Waals surface area contributed by atoms with Crippen molar-refractivity contribution >= 4 is 30.1 Å². The van der Waals surface area contributed by atoms with E-state index in [1.54, 1.807) is 11.8 Å². The third-order valence-corrected chi connectivity index (χ3v) is 4.62. The van der Waals surface area contributed by atoms with E-state index in [4.69, 9.17) is 5.73 Å². The number of nitrogens with one attached hydrogen (secondary N) is 1. The third-order valence-electron chi connectivity index (χ3n) is 3.98. The van der Waals surface area contributed by atoms with Crippen molar-refractivity contribution in [2.24, 2.45) is 11.7 Å². The van der Waals surface area contributed by atoms with Gasteiger partial charge in [-0.15, -0.1) is 12.4 Å². The number of halogens is 1. The molecule has 0 aromatic heterocycles. The molecule has 6 heteroatoms. The van der Waals surface area contributed by atoms with Gasteiger partial charge in [-0.1, -0.05) is 6.92 Å². The highest BCUT2D eigenvalue weighted by Gasteiger charge is 2.18. The first-order chi connectivity index (χ1) is 9.17. The maximum atomic E-state index is 11.7. The van der Waals surface area contributed by atoms with Crippen LogP contribution in [0.2, 0.25) is 0 Å². The maximum absolute atomic E-state index is 11.7. The van der Waals surface area contributed by atoms with Crippen molar-refractivity contribution in [3.8, 4) is 0 Å². The summed E-state index contributed by atoms with van der Waals surface area (Å²) in [4.78, 5) is 14.2. The van der Waals surface area contributed by atoms with E-state index < -0.39 is 0 Å². The van der Waals surface area contributed by atoms with Crippen molar-refractivity contribution in [3.63, 3.8) is 0 Å². The summed E-state index contributed by atoms with van der Waals surface area (Å²) in [6, 6.07) is -0.339. The lowest BCUT2D eigenvalue weighted by Gasteiger charge is -2.31. The minimum absolute atomic E-state index is 0. The Balaban J connectivity index is 0.00000361. The number of hydrogen-bond donors (Lipinski definition) is 2. The number of nitrogens with zero attached hydrogens (tertiary/aromatic N) is 1. The standard InChI is InChI=1S/C14H29N3OS.ClH/c1-3-17-9-5-12(6-10-17)4-8-16-14(18)13(15)7-11-19-2;/h12-13H,3-11,15H2,1-2H3,(H,16,18);1H/t13-;/m0./s1. The normalized spacial score (nSPS) is 18.4. The van der Waals surface area contributed by atoms with E-state index in [9.17, 15) is 4.79 Å². The maximum Gasteiger partial charge on any atom is 0.236 e. The van der Waals surface area contributed by atoms with Crippen molar-refractivity contribution < 1.29 is 4.79 Å². The van der Waals surface area contributed by atoms with E-state index in [1.165, 1.54) is 25.9 Å². The molecular weight excluding hydrogens is 294 g/mol. The van der Waals surface area contributed by atoms with Gasteiger partial charge in [0.1, 0.15) is 0 Å². The van der Waals surface area contributed by atoms with Gasteiger partial charge in [0.25, 0.3) is 0 Å². The van der Waals surface area contributed by atoms with E-state index in [-0.39, 0.29) is 24.4 Å². The zero-order valence-corrected chi connectivity index (χ0v) is 14.4. The van der Waals surface area contributed by atoms with Gasteiger partial charge >= 0.3 is 0 Å². The predicted octanol–water partition coefficient (Wildman–Crippen LogP) is 1.73. The van der Waals surface area contributed by atoms with Crippen LogP contribution < -0.4 is 11.1 Å². The molecule has 120 valence electrons. The number of rotatable bonds is 8. The van der Waals surface area contributed by atoms with Crippen LogP contribution in [0.4, 0.5) is 0 Å². The van der Waals surface area contributed by atoms with E-state index in [1.807, 2.05) is 6.26 Å². The van der Waals surface area contributed by atoms with Gasteiger partial charge in [0.05, 0.1) is 6.04 Å². The predicted molar refractivity (Wildman–Crippen MR) is 90.7 cm³/mol. The molecule has 1 aliphatic heterocycles. The van der Waals surface area contributed by atoms with Crippen LogP contribution in [0, 0.1) is 5.92 Å². The molecule has 1 amide bonds. The molecule has 4 nitrogen and oxygen atoms in total. The third kappa shape index (κ3) is 7.72. The average molecular weight is 324 g/mol. The molecule has 0 unspecified atom stereocenters. The second-order valence-corrected chi connectivity index (χ2v) is 6.33. The number of thioether (sulfide) groups is 1. The zero-order chi connectivity index (χ0) is 14.1. The largest absolute Gasteiger partial charge is 0.355 e. The molecule has 1 saturated heterocycles. The monoisotopic (exact) mass is 323 g/mol. The Hall–Kier alpha value is 0.0300.